The van der Waals surface area contributed by atoms with Crippen LogP contribution in [-0.2, 0) is 13.5 Å². The zero-order valence-corrected chi connectivity index (χ0v) is 37.9. The molecular formula is C46H73Cl2N2PRu. The first kappa shape index (κ1) is 42.8. The second kappa shape index (κ2) is 21.9. The summed E-state index contributed by atoms with van der Waals surface area (Å²) >= 11 is -1.61. The molecule has 3 unspecified atom stereocenters. The molecule has 294 valence electrons. The predicted molar refractivity (Wildman–Crippen MR) is 231 cm³/mol. The molecule has 4 fully saturated rings. The monoisotopic (exact) mass is 856 g/mol. The SMILES string of the molecule is C1CCC([PH+](C2CCCCC2)C2CCCCC2)CC1.CC1=CC(C)=C(N2[CH-]N([C@H]3C(C)=CC(C)CC3C)CC2)C(C)C1.[Cl][Ru]([Cl])=[CH]c1ccccc1. The van der Waals surface area contributed by atoms with Crippen molar-refractivity contribution in [2.45, 2.75) is 174 Å². The van der Waals surface area contributed by atoms with Crippen molar-refractivity contribution in [1.29, 1.82) is 0 Å². The summed E-state index contributed by atoms with van der Waals surface area (Å²) in [6, 6.07) is 10.5. The van der Waals surface area contributed by atoms with Gasteiger partial charge in [0.2, 0.25) is 0 Å². The summed E-state index contributed by atoms with van der Waals surface area (Å²) in [5.74, 6) is 2.11. The third-order valence-electron chi connectivity index (χ3n) is 13.0. The maximum atomic E-state index is 5.67. The first-order valence-corrected chi connectivity index (χ1v) is 28.5. The van der Waals surface area contributed by atoms with E-state index >= 15 is 0 Å². The van der Waals surface area contributed by atoms with E-state index in [1.807, 2.05) is 34.9 Å². The fourth-order valence-electron chi connectivity index (χ4n) is 11.2. The summed E-state index contributed by atoms with van der Waals surface area (Å²) in [6.45, 7) is 18.7. The van der Waals surface area contributed by atoms with Gasteiger partial charge in [0.25, 0.3) is 0 Å². The fourth-order valence-corrected chi connectivity index (χ4v) is 18.2. The molecule has 0 amide bonds. The van der Waals surface area contributed by atoms with Crippen LogP contribution in [0.5, 0.6) is 0 Å². The van der Waals surface area contributed by atoms with Gasteiger partial charge in [-0.25, -0.2) is 0 Å². The van der Waals surface area contributed by atoms with Crippen LogP contribution in [0.3, 0.4) is 0 Å². The number of hydrogen-bond acceptors (Lipinski definition) is 2. The van der Waals surface area contributed by atoms with Gasteiger partial charge >= 0.3 is 73.4 Å². The van der Waals surface area contributed by atoms with E-state index < -0.39 is 13.5 Å². The molecule has 1 aromatic rings. The van der Waals surface area contributed by atoms with Crippen molar-refractivity contribution in [2.24, 2.45) is 17.8 Å². The van der Waals surface area contributed by atoms with Crippen molar-refractivity contribution < 1.29 is 13.5 Å². The third-order valence-corrected chi connectivity index (χ3v) is 19.5. The quantitative estimate of drug-likeness (QED) is 0.122. The van der Waals surface area contributed by atoms with E-state index in [2.05, 4.69) is 70.2 Å². The Balaban J connectivity index is 0.000000162. The Bertz CT molecular complexity index is 1310. The van der Waals surface area contributed by atoms with Crippen LogP contribution in [0.4, 0.5) is 0 Å². The Hall–Kier alpha value is -0.297. The summed E-state index contributed by atoms with van der Waals surface area (Å²) in [5.41, 5.74) is 10.9. The molecule has 0 bridgehead atoms. The molecule has 6 heteroatoms. The van der Waals surface area contributed by atoms with Gasteiger partial charge in [0.15, 0.2) is 0 Å². The van der Waals surface area contributed by atoms with Crippen LogP contribution in [0.2, 0.25) is 0 Å². The van der Waals surface area contributed by atoms with E-state index in [0.717, 1.165) is 30.5 Å². The van der Waals surface area contributed by atoms with E-state index in [-0.39, 0.29) is 7.92 Å². The summed E-state index contributed by atoms with van der Waals surface area (Å²) in [6.07, 6.45) is 31.2. The molecule has 5 aliphatic carbocycles. The van der Waals surface area contributed by atoms with E-state index in [9.17, 15) is 0 Å². The van der Waals surface area contributed by atoms with E-state index in [0.29, 0.717) is 12.0 Å². The van der Waals surface area contributed by atoms with Gasteiger partial charge in [-0.05, 0) is 153 Å². The van der Waals surface area contributed by atoms with Crippen LogP contribution in [-0.4, -0.2) is 50.5 Å². The molecule has 1 aromatic carbocycles. The summed E-state index contributed by atoms with van der Waals surface area (Å²) in [5, 5.41) is 0. The standard InChI is InChI=1S/C21H33N2.C18H33P.C7H6.2ClH.Ru/c1-14-9-16(3)20(17(4)10-14)22-7-8-23(13-22)21-18(5)11-15(2)12-19(21)6;1-4-10-16(11-5-1)19(17-12-6-2-7-13-17)18-14-8-3-9-15-18;1-7-5-3-2-4-6-7;;;/h9,11,13-14,17,19-20H,7-8,10,12H2,1-6H3;16-18H,1-15H2;1-6H;2*1H;/q-1;;;;;+2/p-1/t14?,17?,19?,20-;;;;;/m0...../s1. The van der Waals surface area contributed by atoms with Gasteiger partial charge < -0.3 is 9.80 Å². The third kappa shape index (κ3) is 12.6. The Morgan fingerprint density at radius 2 is 1.29 bits per heavy atom. The molecule has 52 heavy (non-hydrogen) atoms. The number of halogens is 2. The summed E-state index contributed by atoms with van der Waals surface area (Å²) in [7, 11) is 11.3. The summed E-state index contributed by atoms with van der Waals surface area (Å²) < 4.78 is 1.92. The van der Waals surface area contributed by atoms with Crippen LogP contribution in [0.25, 0.3) is 0 Å². The second-order valence-electron chi connectivity index (χ2n) is 17.5. The van der Waals surface area contributed by atoms with E-state index in [1.54, 1.807) is 102 Å². The van der Waals surface area contributed by atoms with Crippen molar-refractivity contribution in [3.8, 4) is 0 Å². The normalized spacial score (nSPS) is 28.7. The molecule has 7 rings (SSSR count). The summed E-state index contributed by atoms with van der Waals surface area (Å²) in [4.78, 5) is 5.13. The maximum absolute atomic E-state index is 5.67. The zero-order chi connectivity index (χ0) is 37.0. The Labute approximate surface area is 334 Å². The van der Waals surface area contributed by atoms with Crippen molar-refractivity contribution in [1.82, 2.24) is 9.80 Å². The zero-order valence-electron chi connectivity index (χ0n) is 33.7. The Morgan fingerprint density at radius 3 is 1.77 bits per heavy atom. The van der Waals surface area contributed by atoms with Gasteiger partial charge in [-0.2, -0.15) is 6.67 Å². The average molecular weight is 857 g/mol. The Morgan fingerprint density at radius 1 is 0.750 bits per heavy atom. The molecule has 0 radical (unpaired) electrons. The van der Waals surface area contributed by atoms with Crippen molar-refractivity contribution in [3.05, 3.63) is 77.1 Å². The first-order valence-electron chi connectivity index (χ1n) is 21.3. The van der Waals surface area contributed by atoms with Crippen LogP contribution in [0.15, 0.2) is 64.9 Å². The molecule has 1 heterocycles. The minimum atomic E-state index is -1.61. The number of benzene rings is 1. The van der Waals surface area contributed by atoms with E-state index in [1.165, 1.54) is 46.7 Å². The van der Waals surface area contributed by atoms with Crippen molar-refractivity contribution in [3.63, 3.8) is 0 Å². The number of allylic oxidation sites excluding steroid dienone is 5. The number of hydrogen-bond donors (Lipinski definition) is 0. The van der Waals surface area contributed by atoms with Crippen molar-refractivity contribution in [2.75, 3.05) is 13.1 Å². The molecule has 6 aliphatic rings. The minimum absolute atomic E-state index is 0.0465. The van der Waals surface area contributed by atoms with Gasteiger partial charge in [0.1, 0.15) is 0 Å². The number of rotatable bonds is 6. The molecule has 1 saturated heterocycles. The molecule has 2 nitrogen and oxygen atoms in total. The van der Waals surface area contributed by atoms with Crippen LogP contribution in [0.1, 0.15) is 156 Å². The topological polar surface area (TPSA) is 6.48 Å². The average Bonchev–Trinajstić information content (AvgIpc) is 3.58. The first-order chi connectivity index (χ1) is 25.1. The molecule has 0 aromatic heterocycles. The van der Waals surface area contributed by atoms with E-state index in [4.69, 9.17) is 19.4 Å². The molecule has 1 aliphatic heterocycles. The van der Waals surface area contributed by atoms with Crippen LogP contribution in [0, 0.1) is 24.4 Å². The fraction of sp³-hybridized carbons (Fsp3) is 0.696. The van der Waals surface area contributed by atoms with Crippen LogP contribution < -0.4 is 0 Å². The van der Waals surface area contributed by atoms with Gasteiger partial charge in [0.05, 0.1) is 17.0 Å². The predicted octanol–water partition coefficient (Wildman–Crippen LogP) is 13.9. The van der Waals surface area contributed by atoms with Gasteiger partial charge in [-0.3, -0.25) is 0 Å². The molecule has 4 atom stereocenters. The molecule has 0 spiro atoms. The molecular weight excluding hydrogens is 783 g/mol. The van der Waals surface area contributed by atoms with Gasteiger partial charge in [0, 0.05) is 14.0 Å². The van der Waals surface area contributed by atoms with Gasteiger partial charge in [-0.1, -0.05) is 63.3 Å². The van der Waals surface area contributed by atoms with Gasteiger partial charge in [-0.15, -0.1) is 0 Å². The molecule has 0 N–H and O–H groups in total. The van der Waals surface area contributed by atoms with Crippen molar-refractivity contribution >= 4 is 31.9 Å². The second-order valence-corrected chi connectivity index (χ2v) is 26.7. The Kier molecular flexibility index (Phi) is 18.0. The van der Waals surface area contributed by atoms with Crippen LogP contribution >= 0.6 is 27.3 Å². The molecule has 3 saturated carbocycles. The number of nitrogens with zero attached hydrogens (tertiary/aromatic N) is 2.